The Kier molecular flexibility index (Phi) is 3.51. The fourth-order valence-corrected chi connectivity index (χ4v) is 5.97. The van der Waals surface area contributed by atoms with Crippen LogP contribution >= 0.6 is 0 Å². The number of rotatable bonds is 0. The molecule has 0 aromatic carbocycles. The van der Waals surface area contributed by atoms with E-state index in [1.165, 1.54) is 11.1 Å². The minimum Gasteiger partial charge on any atom is -0.0670 e. The van der Waals surface area contributed by atoms with Gasteiger partial charge < -0.3 is 0 Å². The van der Waals surface area contributed by atoms with Crippen LogP contribution in [0.3, 0.4) is 0 Å². The average molecular weight is 301 g/mol. The number of fused-ring (bicyclic) bond motifs is 2. The van der Waals surface area contributed by atoms with Crippen LogP contribution in [0, 0.1) is 21.7 Å². The molecule has 2 atom stereocenters. The lowest BCUT2D eigenvalue weighted by atomic mass is 9.37. The highest BCUT2D eigenvalue weighted by molar-refractivity contribution is 5.54. The van der Waals surface area contributed by atoms with E-state index in [9.17, 15) is 0 Å². The SMILES string of the molecule is CC1=C(C)C2(C)C(C)=C(C)C(C)(C)C(C)(C(C)=C1C)C2(C)C. The molecule has 2 rings (SSSR count). The third-order valence-electron chi connectivity index (χ3n) is 9.19. The average Bonchev–Trinajstić information content (AvgIpc) is 2.47. The van der Waals surface area contributed by atoms with Gasteiger partial charge in [0.2, 0.25) is 0 Å². The molecule has 0 fully saturated rings. The van der Waals surface area contributed by atoms with Gasteiger partial charge in [-0.25, -0.2) is 0 Å². The van der Waals surface area contributed by atoms with Gasteiger partial charge in [-0.2, -0.15) is 0 Å². The maximum Gasteiger partial charge on any atom is 0.0155 e. The Bertz CT molecular complexity index is 633. The molecule has 0 spiro atoms. The van der Waals surface area contributed by atoms with Gasteiger partial charge in [0.15, 0.2) is 0 Å². The van der Waals surface area contributed by atoms with E-state index in [1.54, 1.807) is 22.3 Å². The molecule has 0 aromatic heterocycles. The molecule has 0 heterocycles. The van der Waals surface area contributed by atoms with E-state index in [0.29, 0.717) is 0 Å². The number of allylic oxidation sites excluding steroid dienone is 6. The molecule has 0 saturated heterocycles. The summed E-state index contributed by atoms with van der Waals surface area (Å²) in [5.41, 5.74) is 9.90. The molecule has 2 bridgehead atoms. The van der Waals surface area contributed by atoms with E-state index in [2.05, 4.69) is 83.1 Å². The van der Waals surface area contributed by atoms with Crippen molar-refractivity contribution >= 4 is 0 Å². The maximum absolute atomic E-state index is 2.52. The van der Waals surface area contributed by atoms with Crippen molar-refractivity contribution in [2.75, 3.05) is 0 Å². The molecule has 0 N–H and O–H groups in total. The zero-order chi connectivity index (χ0) is 17.5. The number of hydrogen-bond donors (Lipinski definition) is 0. The minimum atomic E-state index is 0.116. The zero-order valence-corrected chi connectivity index (χ0v) is 17.0. The highest BCUT2D eigenvalue weighted by Gasteiger charge is 2.65. The summed E-state index contributed by atoms with van der Waals surface area (Å²) < 4.78 is 0. The summed E-state index contributed by atoms with van der Waals surface area (Å²) in [7, 11) is 0. The molecule has 0 saturated carbocycles. The van der Waals surface area contributed by atoms with Gasteiger partial charge in [-0.05, 0) is 63.5 Å². The van der Waals surface area contributed by atoms with Crippen molar-refractivity contribution in [3.05, 3.63) is 33.4 Å². The summed E-state index contributed by atoms with van der Waals surface area (Å²) in [6.07, 6.45) is 0. The van der Waals surface area contributed by atoms with Gasteiger partial charge in [-0.1, -0.05) is 63.8 Å². The minimum absolute atomic E-state index is 0.116. The second kappa shape index (κ2) is 4.40. The van der Waals surface area contributed by atoms with Gasteiger partial charge in [-0.15, -0.1) is 0 Å². The molecule has 2 aliphatic carbocycles. The molecule has 0 aromatic rings. The van der Waals surface area contributed by atoms with Crippen molar-refractivity contribution in [1.82, 2.24) is 0 Å². The highest BCUT2D eigenvalue weighted by Crippen LogP contribution is 2.73. The van der Waals surface area contributed by atoms with E-state index < -0.39 is 0 Å². The Morgan fingerprint density at radius 3 is 1.36 bits per heavy atom. The summed E-state index contributed by atoms with van der Waals surface area (Å²) in [5, 5.41) is 0. The molecular weight excluding hydrogens is 264 g/mol. The molecule has 0 nitrogen and oxygen atoms in total. The van der Waals surface area contributed by atoms with E-state index >= 15 is 0 Å². The normalized spacial score (nSPS) is 37.6. The van der Waals surface area contributed by atoms with Gasteiger partial charge in [0, 0.05) is 10.8 Å². The van der Waals surface area contributed by atoms with E-state index in [-0.39, 0.29) is 21.7 Å². The molecule has 0 radical (unpaired) electrons. The summed E-state index contributed by atoms with van der Waals surface area (Å²) in [4.78, 5) is 0. The second-order valence-corrected chi connectivity index (χ2v) is 9.25. The molecule has 124 valence electrons. The quantitative estimate of drug-likeness (QED) is 0.419. The summed E-state index contributed by atoms with van der Waals surface area (Å²) in [6.45, 7) is 29.1. The monoisotopic (exact) mass is 300 g/mol. The summed E-state index contributed by atoms with van der Waals surface area (Å²) in [5.74, 6) is 0. The Morgan fingerprint density at radius 1 is 0.500 bits per heavy atom. The Labute approximate surface area is 138 Å². The van der Waals surface area contributed by atoms with Crippen LogP contribution in [0.4, 0.5) is 0 Å². The van der Waals surface area contributed by atoms with Gasteiger partial charge in [-0.3, -0.25) is 0 Å². The van der Waals surface area contributed by atoms with E-state index in [0.717, 1.165) is 0 Å². The first kappa shape index (κ1) is 17.6. The van der Waals surface area contributed by atoms with Gasteiger partial charge in [0.1, 0.15) is 0 Å². The molecule has 0 heteroatoms. The van der Waals surface area contributed by atoms with Crippen LogP contribution in [-0.2, 0) is 0 Å². The van der Waals surface area contributed by atoms with Crippen LogP contribution < -0.4 is 0 Å². The van der Waals surface area contributed by atoms with Gasteiger partial charge in [0.05, 0.1) is 0 Å². The van der Waals surface area contributed by atoms with Crippen molar-refractivity contribution in [3.8, 4) is 0 Å². The first-order valence-corrected chi connectivity index (χ1v) is 8.75. The maximum atomic E-state index is 2.52. The van der Waals surface area contributed by atoms with E-state index in [1.807, 2.05) is 0 Å². The Balaban J connectivity index is 3.15. The van der Waals surface area contributed by atoms with E-state index in [4.69, 9.17) is 0 Å². The van der Waals surface area contributed by atoms with Crippen LogP contribution in [0.5, 0.6) is 0 Å². The molecule has 0 amide bonds. The van der Waals surface area contributed by atoms with Crippen molar-refractivity contribution in [3.63, 3.8) is 0 Å². The molecule has 0 aliphatic heterocycles. The Hall–Kier alpha value is -0.780. The molecule has 2 aliphatic rings. The van der Waals surface area contributed by atoms with Gasteiger partial charge >= 0.3 is 0 Å². The third kappa shape index (κ3) is 1.46. The lowest BCUT2D eigenvalue weighted by Gasteiger charge is -2.66. The molecule has 22 heavy (non-hydrogen) atoms. The van der Waals surface area contributed by atoms with Crippen LogP contribution in [0.2, 0.25) is 0 Å². The largest absolute Gasteiger partial charge is 0.0670 e. The molecule has 2 unspecified atom stereocenters. The van der Waals surface area contributed by atoms with Crippen LogP contribution in [0.15, 0.2) is 33.4 Å². The second-order valence-electron chi connectivity index (χ2n) is 9.25. The lowest BCUT2D eigenvalue weighted by Crippen LogP contribution is -2.59. The van der Waals surface area contributed by atoms with Crippen molar-refractivity contribution in [2.45, 2.75) is 83.1 Å². The third-order valence-corrected chi connectivity index (χ3v) is 9.19. The first-order valence-electron chi connectivity index (χ1n) is 8.75. The smallest absolute Gasteiger partial charge is 0.0155 e. The highest BCUT2D eigenvalue weighted by atomic mass is 14.7. The fourth-order valence-electron chi connectivity index (χ4n) is 5.97. The lowest BCUT2D eigenvalue weighted by molar-refractivity contribution is -0.0594. The van der Waals surface area contributed by atoms with Crippen molar-refractivity contribution in [1.29, 1.82) is 0 Å². The first-order chi connectivity index (χ1) is 9.70. The topological polar surface area (TPSA) is 0 Å². The van der Waals surface area contributed by atoms with Crippen LogP contribution in [-0.4, -0.2) is 0 Å². The summed E-state index contributed by atoms with van der Waals surface area (Å²) >= 11 is 0. The standard InChI is InChI=1S/C22H36/c1-13-14(2)16(4)22(12)19(7,8)17(5)18(6)21(11,15(13)3)20(22,9)10/h1-12H3. The van der Waals surface area contributed by atoms with Gasteiger partial charge in [0.25, 0.3) is 0 Å². The fraction of sp³-hybridized carbons (Fsp3) is 0.727. The zero-order valence-electron chi connectivity index (χ0n) is 17.0. The predicted octanol–water partition coefficient (Wildman–Crippen LogP) is 7.09. The van der Waals surface area contributed by atoms with Crippen molar-refractivity contribution in [2.24, 2.45) is 21.7 Å². The van der Waals surface area contributed by atoms with Crippen LogP contribution in [0.1, 0.15) is 83.1 Å². The van der Waals surface area contributed by atoms with Crippen LogP contribution in [0.25, 0.3) is 0 Å². The number of hydrogen-bond acceptors (Lipinski definition) is 0. The Morgan fingerprint density at radius 2 is 0.909 bits per heavy atom. The summed E-state index contributed by atoms with van der Waals surface area (Å²) in [6, 6.07) is 0. The molecular formula is C22H36. The predicted molar refractivity (Wildman–Crippen MR) is 98.9 cm³/mol. The van der Waals surface area contributed by atoms with Crippen molar-refractivity contribution < 1.29 is 0 Å².